The third kappa shape index (κ3) is 4.81. The number of nitrogens with one attached hydrogen (secondary N) is 1. The molecule has 3 nitrogen and oxygen atoms in total. The molecule has 0 aromatic heterocycles. The van der Waals surface area contributed by atoms with Gasteiger partial charge in [-0.1, -0.05) is 35.9 Å². The Morgan fingerprint density at radius 2 is 1.86 bits per heavy atom. The molecule has 0 aliphatic heterocycles. The van der Waals surface area contributed by atoms with Gasteiger partial charge in [-0.3, -0.25) is 0 Å². The molecule has 0 spiro atoms. The first-order valence-corrected chi connectivity index (χ1v) is 8.39. The molecule has 0 radical (unpaired) electrons. The summed E-state index contributed by atoms with van der Waals surface area (Å²) in [7, 11) is -3.51. The minimum Gasteiger partial charge on any atom is -0.212 e. The van der Waals surface area contributed by atoms with Crippen molar-refractivity contribution in [1.29, 1.82) is 0 Å². The summed E-state index contributed by atoms with van der Waals surface area (Å²) in [6.45, 7) is 1.71. The second-order valence-electron chi connectivity index (χ2n) is 4.78. The number of hydrogen-bond donors (Lipinski definition) is 1. The Morgan fingerprint density at radius 1 is 1.19 bits per heavy atom. The van der Waals surface area contributed by atoms with Gasteiger partial charge in [-0.15, -0.1) is 0 Å². The third-order valence-corrected chi connectivity index (χ3v) is 4.63. The molecular formula is C15H15ClFNO2S. The lowest BCUT2D eigenvalue weighted by Gasteiger charge is -2.14. The van der Waals surface area contributed by atoms with Crippen molar-refractivity contribution in [2.75, 3.05) is 0 Å². The predicted octanol–water partition coefficient (Wildman–Crippen LogP) is 3.66. The molecule has 2 rings (SSSR count). The van der Waals surface area contributed by atoms with Crippen LogP contribution < -0.4 is 4.72 Å². The van der Waals surface area contributed by atoms with E-state index >= 15 is 0 Å². The molecule has 1 atom stereocenters. The molecule has 112 valence electrons. The maximum absolute atomic E-state index is 12.9. The summed E-state index contributed by atoms with van der Waals surface area (Å²) in [5.41, 5.74) is 1.31. The van der Waals surface area contributed by atoms with Gasteiger partial charge in [-0.2, -0.15) is 0 Å². The van der Waals surface area contributed by atoms with E-state index < -0.39 is 16.1 Å². The van der Waals surface area contributed by atoms with Gasteiger partial charge in [-0.25, -0.2) is 17.5 Å². The van der Waals surface area contributed by atoms with Gasteiger partial charge in [0.15, 0.2) is 0 Å². The maximum atomic E-state index is 12.9. The Hall–Kier alpha value is -1.43. The summed E-state index contributed by atoms with van der Waals surface area (Å²) in [4.78, 5) is 0. The van der Waals surface area contributed by atoms with Crippen molar-refractivity contribution in [3.05, 3.63) is 70.5 Å². The lowest BCUT2D eigenvalue weighted by Crippen LogP contribution is -2.28. The highest BCUT2D eigenvalue weighted by Gasteiger charge is 2.16. The molecule has 0 unspecified atom stereocenters. The highest BCUT2D eigenvalue weighted by molar-refractivity contribution is 7.88. The molecule has 0 saturated heterocycles. The highest BCUT2D eigenvalue weighted by atomic mass is 35.5. The smallest absolute Gasteiger partial charge is 0.212 e. The minimum absolute atomic E-state index is 0.154. The van der Waals surface area contributed by atoms with E-state index in [-0.39, 0.29) is 11.6 Å². The van der Waals surface area contributed by atoms with Crippen molar-refractivity contribution in [3.63, 3.8) is 0 Å². The van der Waals surface area contributed by atoms with E-state index in [0.717, 1.165) is 0 Å². The Bertz CT molecular complexity index is 717. The largest absolute Gasteiger partial charge is 0.216 e. The van der Waals surface area contributed by atoms with E-state index in [1.54, 1.807) is 43.3 Å². The van der Waals surface area contributed by atoms with E-state index in [2.05, 4.69) is 4.72 Å². The summed E-state index contributed by atoms with van der Waals surface area (Å²) in [5, 5.41) is 0.495. The van der Waals surface area contributed by atoms with E-state index in [4.69, 9.17) is 11.6 Å². The summed E-state index contributed by atoms with van der Waals surface area (Å²) in [5.74, 6) is -0.508. The summed E-state index contributed by atoms with van der Waals surface area (Å²) in [6.07, 6.45) is 0. The van der Waals surface area contributed by atoms with Gasteiger partial charge < -0.3 is 0 Å². The van der Waals surface area contributed by atoms with E-state index in [9.17, 15) is 12.8 Å². The van der Waals surface area contributed by atoms with Gasteiger partial charge >= 0.3 is 0 Å². The molecule has 2 aromatic carbocycles. The lowest BCUT2D eigenvalue weighted by molar-refractivity contribution is 0.565. The number of sulfonamides is 1. The fourth-order valence-electron chi connectivity index (χ4n) is 1.98. The van der Waals surface area contributed by atoms with Gasteiger partial charge in [0.25, 0.3) is 0 Å². The summed E-state index contributed by atoms with van der Waals surface area (Å²) in [6, 6.07) is 12.0. The molecule has 0 aliphatic carbocycles. The average molecular weight is 328 g/mol. The van der Waals surface area contributed by atoms with Crippen molar-refractivity contribution in [2.24, 2.45) is 0 Å². The zero-order valence-corrected chi connectivity index (χ0v) is 13.0. The maximum Gasteiger partial charge on any atom is 0.216 e. The molecule has 21 heavy (non-hydrogen) atoms. The topological polar surface area (TPSA) is 46.2 Å². The normalized spacial score (nSPS) is 13.1. The molecule has 2 aromatic rings. The van der Waals surface area contributed by atoms with E-state index in [1.165, 1.54) is 12.1 Å². The van der Waals surface area contributed by atoms with Crippen LogP contribution in [0.1, 0.15) is 24.1 Å². The molecule has 0 aliphatic rings. The lowest BCUT2D eigenvalue weighted by atomic mass is 10.1. The quantitative estimate of drug-likeness (QED) is 0.911. The molecule has 1 N–H and O–H groups in total. The van der Waals surface area contributed by atoms with Crippen LogP contribution in [0.2, 0.25) is 5.02 Å². The Morgan fingerprint density at radius 3 is 2.48 bits per heavy atom. The van der Waals surface area contributed by atoms with Gasteiger partial charge in [0.1, 0.15) is 5.82 Å². The van der Waals surface area contributed by atoms with Crippen molar-refractivity contribution in [2.45, 2.75) is 18.7 Å². The van der Waals surface area contributed by atoms with Crippen LogP contribution in [0, 0.1) is 5.82 Å². The minimum atomic E-state index is -3.51. The van der Waals surface area contributed by atoms with Crippen LogP contribution in [0.4, 0.5) is 4.39 Å². The van der Waals surface area contributed by atoms with Crippen molar-refractivity contribution in [3.8, 4) is 0 Å². The molecule has 6 heteroatoms. The van der Waals surface area contributed by atoms with Crippen LogP contribution >= 0.6 is 11.6 Å². The van der Waals surface area contributed by atoms with Crippen molar-refractivity contribution in [1.82, 2.24) is 4.72 Å². The number of halogens is 2. The molecule has 0 bridgehead atoms. The molecule has 0 amide bonds. The molecule has 0 heterocycles. The van der Waals surface area contributed by atoms with Crippen LogP contribution in [0.3, 0.4) is 0 Å². The monoisotopic (exact) mass is 327 g/mol. The second kappa shape index (κ2) is 6.56. The molecule has 0 fully saturated rings. The van der Waals surface area contributed by atoms with Crippen molar-refractivity contribution < 1.29 is 12.8 Å². The van der Waals surface area contributed by atoms with E-state index in [1.807, 2.05) is 0 Å². The fourth-order valence-corrected chi connectivity index (χ4v) is 3.57. The van der Waals surface area contributed by atoms with E-state index in [0.29, 0.717) is 16.1 Å². The second-order valence-corrected chi connectivity index (χ2v) is 6.97. The van der Waals surface area contributed by atoms with Crippen LogP contribution in [0.15, 0.2) is 48.5 Å². The summed E-state index contributed by atoms with van der Waals surface area (Å²) < 4.78 is 39.7. The Labute approximate surface area is 128 Å². The number of hydrogen-bond acceptors (Lipinski definition) is 2. The summed E-state index contributed by atoms with van der Waals surface area (Å²) >= 11 is 5.84. The fraction of sp³-hybridized carbons (Fsp3) is 0.200. The predicted molar refractivity (Wildman–Crippen MR) is 82.0 cm³/mol. The van der Waals surface area contributed by atoms with Crippen molar-refractivity contribution >= 4 is 21.6 Å². The first kappa shape index (κ1) is 15.9. The third-order valence-electron chi connectivity index (χ3n) is 2.97. The zero-order valence-electron chi connectivity index (χ0n) is 11.4. The standard InChI is InChI=1S/C15H15ClFNO2S/c1-11(13-5-7-15(17)8-6-13)18-21(19,20)10-12-3-2-4-14(16)9-12/h2-9,11,18H,10H2,1H3/t11-/m0/s1. The van der Waals surface area contributed by atoms with Gasteiger partial charge in [0.05, 0.1) is 5.75 Å². The van der Waals surface area contributed by atoms with Gasteiger partial charge in [-0.05, 0) is 42.3 Å². The van der Waals surface area contributed by atoms with Crippen LogP contribution in [-0.2, 0) is 15.8 Å². The van der Waals surface area contributed by atoms with Crippen LogP contribution in [0.25, 0.3) is 0 Å². The van der Waals surface area contributed by atoms with Gasteiger partial charge in [0.2, 0.25) is 10.0 Å². The number of benzene rings is 2. The molecular weight excluding hydrogens is 313 g/mol. The van der Waals surface area contributed by atoms with Crippen LogP contribution in [-0.4, -0.2) is 8.42 Å². The van der Waals surface area contributed by atoms with Gasteiger partial charge in [0, 0.05) is 11.1 Å². The SMILES string of the molecule is C[C@H](NS(=O)(=O)Cc1cccc(Cl)c1)c1ccc(F)cc1. The zero-order chi connectivity index (χ0) is 15.5. The Kier molecular flexibility index (Phi) is 4.98. The highest BCUT2D eigenvalue weighted by Crippen LogP contribution is 2.17. The average Bonchev–Trinajstić information content (AvgIpc) is 2.38. The number of rotatable bonds is 5. The Balaban J connectivity index is 2.08. The first-order valence-electron chi connectivity index (χ1n) is 6.36. The first-order chi connectivity index (χ1) is 9.85. The van der Waals surface area contributed by atoms with Crippen LogP contribution in [0.5, 0.6) is 0 Å². The molecule has 0 saturated carbocycles.